The average molecular weight is 275 g/mol. The summed E-state index contributed by atoms with van der Waals surface area (Å²) in [5.41, 5.74) is 0.623. The van der Waals surface area contributed by atoms with Crippen molar-refractivity contribution < 1.29 is 14.1 Å². The molecule has 0 bridgehead atoms. The summed E-state index contributed by atoms with van der Waals surface area (Å²) in [6.45, 7) is 1.58. The predicted molar refractivity (Wildman–Crippen MR) is 70.0 cm³/mol. The summed E-state index contributed by atoms with van der Waals surface area (Å²) < 4.78 is 12.9. The van der Waals surface area contributed by atoms with Gasteiger partial charge in [0, 0.05) is 17.7 Å². The number of aryl methyl sites for hydroxylation is 1. The lowest BCUT2D eigenvalue weighted by Crippen LogP contribution is -2.14. The molecule has 0 spiro atoms. The number of anilines is 1. The number of carbonyl (C=O) groups excluding carboxylic acids is 1. The van der Waals surface area contributed by atoms with E-state index in [9.17, 15) is 19.3 Å². The van der Waals surface area contributed by atoms with Crippen LogP contribution in [0.5, 0.6) is 0 Å². The van der Waals surface area contributed by atoms with E-state index in [4.69, 9.17) is 0 Å². The Morgan fingerprint density at radius 3 is 2.70 bits per heavy atom. The number of amides is 1. The first kappa shape index (κ1) is 13.6. The first-order valence-electron chi connectivity index (χ1n) is 5.66. The minimum atomic E-state index is -0.705. The van der Waals surface area contributed by atoms with Crippen molar-refractivity contribution in [2.45, 2.75) is 6.92 Å². The molecule has 0 aliphatic carbocycles. The lowest BCUT2D eigenvalue weighted by atomic mass is 10.1. The quantitative estimate of drug-likeness (QED) is 0.530. The van der Waals surface area contributed by atoms with Crippen molar-refractivity contribution in [2.24, 2.45) is 0 Å². The van der Waals surface area contributed by atoms with Gasteiger partial charge in [-0.15, -0.1) is 0 Å². The molecule has 2 aromatic rings. The molecule has 6 nitrogen and oxygen atoms in total. The molecule has 102 valence electrons. The Kier molecular flexibility index (Phi) is 3.69. The van der Waals surface area contributed by atoms with E-state index in [0.29, 0.717) is 5.56 Å². The zero-order valence-corrected chi connectivity index (χ0v) is 10.5. The van der Waals surface area contributed by atoms with Gasteiger partial charge in [-0.25, -0.2) is 4.98 Å². The number of hydrogen-bond acceptors (Lipinski definition) is 4. The third-order valence-corrected chi connectivity index (χ3v) is 2.62. The number of nitrogens with zero attached hydrogens (tertiary/aromatic N) is 2. The van der Waals surface area contributed by atoms with Gasteiger partial charge in [0.05, 0.1) is 4.92 Å². The van der Waals surface area contributed by atoms with E-state index in [-0.39, 0.29) is 17.1 Å². The van der Waals surface area contributed by atoms with Crippen LogP contribution in [0, 0.1) is 23.0 Å². The van der Waals surface area contributed by atoms with Crippen LogP contribution in [0.2, 0.25) is 0 Å². The van der Waals surface area contributed by atoms with E-state index >= 15 is 0 Å². The summed E-state index contributed by atoms with van der Waals surface area (Å²) in [6, 6.07) is 7.91. The van der Waals surface area contributed by atoms with Crippen LogP contribution in [0.25, 0.3) is 0 Å². The van der Waals surface area contributed by atoms with Crippen molar-refractivity contribution in [3.8, 4) is 0 Å². The Bertz CT molecular complexity index is 688. The molecule has 20 heavy (non-hydrogen) atoms. The predicted octanol–water partition coefficient (Wildman–Crippen LogP) is 2.69. The van der Waals surface area contributed by atoms with E-state index in [1.165, 1.54) is 30.3 Å². The molecule has 0 fully saturated rings. The molecule has 0 unspecified atom stereocenters. The number of nitro groups is 1. The lowest BCUT2D eigenvalue weighted by Gasteiger charge is -2.06. The summed E-state index contributed by atoms with van der Waals surface area (Å²) >= 11 is 0. The maximum atomic E-state index is 12.9. The highest BCUT2D eigenvalue weighted by molar-refractivity contribution is 6.04. The Morgan fingerprint density at radius 1 is 1.35 bits per heavy atom. The van der Waals surface area contributed by atoms with Crippen molar-refractivity contribution in [2.75, 3.05) is 5.32 Å². The smallest absolute Gasteiger partial charge is 0.269 e. The van der Waals surface area contributed by atoms with Crippen molar-refractivity contribution in [1.29, 1.82) is 0 Å². The Labute approximate surface area is 113 Å². The largest absolute Gasteiger partial charge is 0.306 e. The van der Waals surface area contributed by atoms with Crippen LogP contribution < -0.4 is 5.32 Å². The highest BCUT2D eigenvalue weighted by Gasteiger charge is 2.14. The van der Waals surface area contributed by atoms with Gasteiger partial charge in [-0.3, -0.25) is 14.9 Å². The summed E-state index contributed by atoms with van der Waals surface area (Å²) in [5, 5.41) is 13.0. The Hall–Kier alpha value is -2.83. The number of hydrogen-bond donors (Lipinski definition) is 1. The first-order valence-corrected chi connectivity index (χ1v) is 5.66. The van der Waals surface area contributed by atoms with Gasteiger partial charge < -0.3 is 5.32 Å². The molecule has 0 atom stereocenters. The molecule has 1 aromatic heterocycles. The second-order valence-corrected chi connectivity index (χ2v) is 4.06. The maximum absolute atomic E-state index is 12.9. The fraction of sp³-hybridized carbons (Fsp3) is 0.0769. The van der Waals surface area contributed by atoms with Crippen LogP contribution in [0.3, 0.4) is 0 Å². The third kappa shape index (κ3) is 2.94. The van der Waals surface area contributed by atoms with Crippen LogP contribution in [0.15, 0.2) is 36.4 Å². The molecule has 1 N–H and O–H groups in total. The van der Waals surface area contributed by atoms with Crippen LogP contribution in [-0.4, -0.2) is 15.8 Å². The zero-order valence-electron chi connectivity index (χ0n) is 10.5. The van der Waals surface area contributed by atoms with Gasteiger partial charge in [0.2, 0.25) is 5.95 Å². The fourth-order valence-corrected chi connectivity index (χ4v) is 1.68. The minimum absolute atomic E-state index is 0.0766. The zero-order chi connectivity index (χ0) is 14.7. The van der Waals surface area contributed by atoms with Crippen molar-refractivity contribution >= 4 is 17.4 Å². The second-order valence-electron chi connectivity index (χ2n) is 4.06. The highest BCUT2D eigenvalue weighted by Crippen LogP contribution is 2.18. The molecular weight excluding hydrogens is 265 g/mol. The van der Waals surface area contributed by atoms with Gasteiger partial charge in [-0.1, -0.05) is 6.07 Å². The molecule has 2 rings (SSSR count). The lowest BCUT2D eigenvalue weighted by molar-refractivity contribution is -0.384. The number of benzene rings is 1. The number of nitro benzene ring substituents is 1. The van der Waals surface area contributed by atoms with Gasteiger partial charge >= 0.3 is 0 Å². The number of aromatic nitrogens is 1. The van der Waals surface area contributed by atoms with Gasteiger partial charge in [0.1, 0.15) is 5.82 Å². The van der Waals surface area contributed by atoms with Crippen molar-refractivity contribution in [3.05, 3.63) is 63.6 Å². The molecule has 0 saturated carbocycles. The van der Waals surface area contributed by atoms with Gasteiger partial charge in [0.15, 0.2) is 0 Å². The highest BCUT2D eigenvalue weighted by atomic mass is 19.1. The molecule has 1 heterocycles. The van der Waals surface area contributed by atoms with Gasteiger partial charge in [0.25, 0.3) is 11.6 Å². The number of pyridine rings is 1. The molecule has 7 heteroatoms. The molecular formula is C13H10FN3O3. The van der Waals surface area contributed by atoms with E-state index in [0.717, 1.165) is 6.07 Å². The van der Waals surface area contributed by atoms with Crippen molar-refractivity contribution in [1.82, 2.24) is 4.98 Å². The maximum Gasteiger partial charge on any atom is 0.269 e. The number of nitrogens with one attached hydrogen (secondary N) is 1. The molecule has 0 saturated heterocycles. The first-order chi connectivity index (χ1) is 9.47. The number of non-ortho nitro benzene ring substituents is 1. The molecule has 0 aliphatic rings. The minimum Gasteiger partial charge on any atom is -0.306 e. The summed E-state index contributed by atoms with van der Waals surface area (Å²) in [6.07, 6.45) is 0. The summed E-state index contributed by atoms with van der Waals surface area (Å²) in [4.78, 5) is 25.6. The van der Waals surface area contributed by atoms with Gasteiger partial charge in [-0.2, -0.15) is 4.39 Å². The van der Waals surface area contributed by atoms with Crippen LogP contribution >= 0.6 is 0 Å². The SMILES string of the molecule is Cc1cc([N+](=O)[O-])ccc1C(=O)Nc1cccc(F)n1. The van der Waals surface area contributed by atoms with E-state index in [1.54, 1.807) is 6.92 Å². The fourth-order valence-electron chi connectivity index (χ4n) is 1.68. The van der Waals surface area contributed by atoms with E-state index in [2.05, 4.69) is 10.3 Å². The Balaban J connectivity index is 2.23. The molecule has 0 radical (unpaired) electrons. The van der Waals surface area contributed by atoms with Crippen LogP contribution in [0.4, 0.5) is 15.9 Å². The monoisotopic (exact) mass is 275 g/mol. The standard InChI is InChI=1S/C13H10FN3O3/c1-8-7-9(17(19)20)5-6-10(8)13(18)16-12-4-2-3-11(14)15-12/h2-7H,1H3,(H,15,16,18). The van der Waals surface area contributed by atoms with Crippen LogP contribution in [-0.2, 0) is 0 Å². The Morgan fingerprint density at radius 2 is 2.10 bits per heavy atom. The van der Waals surface area contributed by atoms with Crippen LogP contribution in [0.1, 0.15) is 15.9 Å². The summed E-state index contributed by atoms with van der Waals surface area (Å²) in [5.74, 6) is -1.13. The number of carbonyl (C=O) groups is 1. The number of halogens is 1. The number of rotatable bonds is 3. The van der Waals surface area contributed by atoms with Gasteiger partial charge in [-0.05, 0) is 30.7 Å². The third-order valence-electron chi connectivity index (χ3n) is 2.62. The molecule has 1 amide bonds. The summed E-state index contributed by atoms with van der Waals surface area (Å²) in [7, 11) is 0. The molecule has 0 aliphatic heterocycles. The second kappa shape index (κ2) is 5.43. The topological polar surface area (TPSA) is 85.1 Å². The van der Waals surface area contributed by atoms with E-state index in [1.807, 2.05) is 0 Å². The molecule has 1 aromatic carbocycles. The van der Waals surface area contributed by atoms with Crippen molar-refractivity contribution in [3.63, 3.8) is 0 Å². The van der Waals surface area contributed by atoms with E-state index < -0.39 is 16.8 Å². The average Bonchev–Trinajstić information content (AvgIpc) is 2.38. The normalized spacial score (nSPS) is 10.1.